The quantitative estimate of drug-likeness (QED) is 0.389. The lowest BCUT2D eigenvalue weighted by Gasteiger charge is -2.11. The topological polar surface area (TPSA) is 36.4 Å². The molecule has 16 heavy (non-hydrogen) atoms. The van der Waals surface area contributed by atoms with Crippen LogP contribution in [0.5, 0.6) is 0 Å². The van der Waals surface area contributed by atoms with Crippen LogP contribution >= 0.6 is 11.8 Å². The van der Waals surface area contributed by atoms with Crippen LogP contribution in [0.15, 0.2) is 4.99 Å². The fourth-order valence-electron chi connectivity index (χ4n) is 1.60. The van der Waals surface area contributed by atoms with Crippen LogP contribution in [0.25, 0.3) is 0 Å². The summed E-state index contributed by atoms with van der Waals surface area (Å²) in [7, 11) is 1.84. The maximum absolute atomic E-state index is 4.21. The third kappa shape index (κ3) is 6.99. The molecule has 4 heteroatoms. The van der Waals surface area contributed by atoms with E-state index in [9.17, 15) is 0 Å². The summed E-state index contributed by atoms with van der Waals surface area (Å²) >= 11 is 1.92. The summed E-state index contributed by atoms with van der Waals surface area (Å²) in [5.74, 6) is 3.21. The second-order valence-corrected chi connectivity index (χ2v) is 5.34. The summed E-state index contributed by atoms with van der Waals surface area (Å²) < 4.78 is 0. The van der Waals surface area contributed by atoms with E-state index in [2.05, 4.69) is 21.9 Å². The van der Waals surface area contributed by atoms with Crippen molar-refractivity contribution in [3.63, 3.8) is 0 Å². The molecule has 1 fully saturated rings. The van der Waals surface area contributed by atoms with Crippen LogP contribution in [0.1, 0.15) is 32.1 Å². The fraction of sp³-hybridized carbons (Fsp3) is 0.917. The van der Waals surface area contributed by atoms with Crippen LogP contribution < -0.4 is 10.6 Å². The van der Waals surface area contributed by atoms with Crippen molar-refractivity contribution in [2.45, 2.75) is 32.1 Å². The zero-order chi connectivity index (χ0) is 11.6. The highest BCUT2D eigenvalue weighted by molar-refractivity contribution is 7.98. The van der Waals surface area contributed by atoms with Gasteiger partial charge in [0.25, 0.3) is 0 Å². The predicted molar refractivity (Wildman–Crippen MR) is 74.3 cm³/mol. The van der Waals surface area contributed by atoms with Crippen molar-refractivity contribution >= 4 is 17.7 Å². The highest BCUT2D eigenvalue weighted by Gasteiger charge is 2.20. The molecule has 0 atom stereocenters. The Morgan fingerprint density at radius 1 is 1.25 bits per heavy atom. The minimum Gasteiger partial charge on any atom is -0.356 e. The molecule has 0 unspecified atom stereocenters. The van der Waals surface area contributed by atoms with Crippen molar-refractivity contribution in [1.82, 2.24) is 10.6 Å². The minimum atomic E-state index is 0.963. The van der Waals surface area contributed by atoms with Gasteiger partial charge in [-0.15, -0.1) is 0 Å². The Hall–Kier alpha value is -0.380. The van der Waals surface area contributed by atoms with Crippen LogP contribution in [-0.2, 0) is 0 Å². The molecule has 0 bridgehead atoms. The second-order valence-electron chi connectivity index (χ2n) is 4.36. The van der Waals surface area contributed by atoms with Crippen molar-refractivity contribution in [3.8, 4) is 0 Å². The first-order valence-corrected chi connectivity index (χ1v) is 7.69. The van der Waals surface area contributed by atoms with Gasteiger partial charge in [0.05, 0.1) is 0 Å². The summed E-state index contributed by atoms with van der Waals surface area (Å²) in [4.78, 5) is 4.21. The number of guanidine groups is 1. The Kier molecular flexibility index (Phi) is 7.47. The van der Waals surface area contributed by atoms with Crippen LogP contribution in [0.4, 0.5) is 0 Å². The van der Waals surface area contributed by atoms with Gasteiger partial charge in [0.1, 0.15) is 0 Å². The van der Waals surface area contributed by atoms with E-state index in [-0.39, 0.29) is 0 Å². The van der Waals surface area contributed by atoms with Crippen LogP contribution in [-0.4, -0.2) is 38.1 Å². The average molecular weight is 243 g/mol. The molecule has 0 aromatic carbocycles. The zero-order valence-electron chi connectivity index (χ0n) is 10.6. The van der Waals surface area contributed by atoms with Gasteiger partial charge < -0.3 is 10.6 Å². The van der Waals surface area contributed by atoms with E-state index < -0.39 is 0 Å². The van der Waals surface area contributed by atoms with Gasteiger partial charge in [0.2, 0.25) is 0 Å². The van der Waals surface area contributed by atoms with Crippen molar-refractivity contribution < 1.29 is 0 Å². The van der Waals surface area contributed by atoms with Gasteiger partial charge >= 0.3 is 0 Å². The van der Waals surface area contributed by atoms with Gasteiger partial charge in [0, 0.05) is 20.1 Å². The molecule has 94 valence electrons. The van der Waals surface area contributed by atoms with Gasteiger partial charge in [-0.3, -0.25) is 4.99 Å². The first-order valence-electron chi connectivity index (χ1n) is 6.30. The molecule has 0 aliphatic heterocycles. The van der Waals surface area contributed by atoms with Gasteiger partial charge in [-0.25, -0.2) is 0 Å². The van der Waals surface area contributed by atoms with Crippen molar-refractivity contribution in [3.05, 3.63) is 0 Å². The monoisotopic (exact) mass is 243 g/mol. The van der Waals surface area contributed by atoms with Gasteiger partial charge in [0.15, 0.2) is 5.96 Å². The van der Waals surface area contributed by atoms with E-state index in [4.69, 9.17) is 0 Å². The molecule has 0 saturated heterocycles. The Labute approximate surface area is 104 Å². The molecule has 0 spiro atoms. The van der Waals surface area contributed by atoms with Crippen molar-refractivity contribution in [2.75, 3.05) is 32.1 Å². The predicted octanol–water partition coefficient (Wildman–Crippen LogP) is 2.09. The van der Waals surface area contributed by atoms with Crippen molar-refractivity contribution in [2.24, 2.45) is 10.9 Å². The molecule has 1 aliphatic carbocycles. The number of hydrogen-bond acceptors (Lipinski definition) is 2. The smallest absolute Gasteiger partial charge is 0.190 e. The third-order valence-electron chi connectivity index (χ3n) is 2.83. The molecule has 0 aromatic rings. The molecule has 1 aliphatic rings. The number of hydrogen-bond donors (Lipinski definition) is 2. The average Bonchev–Trinajstić information content (AvgIpc) is 3.10. The number of nitrogens with zero attached hydrogens (tertiary/aromatic N) is 1. The highest BCUT2D eigenvalue weighted by Crippen LogP contribution is 2.31. The van der Waals surface area contributed by atoms with Gasteiger partial charge in [-0.05, 0) is 37.2 Å². The summed E-state index contributed by atoms with van der Waals surface area (Å²) in [6.45, 7) is 2.10. The maximum Gasteiger partial charge on any atom is 0.190 e. The molecule has 0 amide bonds. The second kappa shape index (κ2) is 8.74. The van der Waals surface area contributed by atoms with E-state index >= 15 is 0 Å². The van der Waals surface area contributed by atoms with Crippen LogP contribution in [0, 0.1) is 5.92 Å². The first-order chi connectivity index (χ1) is 7.86. The lowest BCUT2D eigenvalue weighted by Crippen LogP contribution is -2.38. The summed E-state index contributed by atoms with van der Waals surface area (Å²) in [6, 6.07) is 0. The Morgan fingerprint density at radius 3 is 2.62 bits per heavy atom. The van der Waals surface area contributed by atoms with E-state index in [0.29, 0.717) is 0 Å². The molecule has 2 N–H and O–H groups in total. The Balaban J connectivity index is 1.93. The Bertz CT molecular complexity index is 202. The van der Waals surface area contributed by atoms with Crippen LogP contribution in [0.2, 0.25) is 0 Å². The van der Waals surface area contributed by atoms with E-state index in [1.807, 2.05) is 18.8 Å². The highest BCUT2D eigenvalue weighted by atomic mass is 32.2. The Morgan fingerprint density at radius 2 is 2.00 bits per heavy atom. The number of thioether (sulfide) groups is 1. The normalized spacial score (nSPS) is 16.2. The molecule has 3 nitrogen and oxygen atoms in total. The lowest BCUT2D eigenvalue weighted by molar-refractivity contribution is 0.676. The van der Waals surface area contributed by atoms with E-state index in [1.54, 1.807) is 0 Å². The standard InChI is InChI=1S/C12H25N3S/c1-13-12(14-8-3-4-10-16-2)15-9-7-11-5-6-11/h11H,3-10H2,1-2H3,(H2,13,14,15). The number of rotatable bonds is 8. The first kappa shape index (κ1) is 13.7. The molecule has 0 radical (unpaired) electrons. The van der Waals surface area contributed by atoms with E-state index in [0.717, 1.165) is 25.0 Å². The number of nitrogens with one attached hydrogen (secondary N) is 2. The molecular weight excluding hydrogens is 218 g/mol. The maximum atomic E-state index is 4.21. The summed E-state index contributed by atoms with van der Waals surface area (Å²) in [6.07, 6.45) is 8.83. The zero-order valence-corrected chi connectivity index (χ0v) is 11.4. The minimum absolute atomic E-state index is 0.963. The SMILES string of the molecule is CN=C(NCCCCSC)NCCC1CC1. The van der Waals surface area contributed by atoms with Crippen LogP contribution in [0.3, 0.4) is 0 Å². The number of unbranched alkanes of at least 4 members (excludes halogenated alkanes) is 1. The largest absolute Gasteiger partial charge is 0.356 e. The fourth-order valence-corrected chi connectivity index (χ4v) is 2.09. The van der Waals surface area contributed by atoms with Crippen molar-refractivity contribution in [1.29, 1.82) is 0 Å². The third-order valence-corrected chi connectivity index (χ3v) is 3.53. The number of aliphatic imine (C=N–C) groups is 1. The molecule has 1 rings (SSSR count). The van der Waals surface area contributed by atoms with Gasteiger partial charge in [-0.1, -0.05) is 12.8 Å². The summed E-state index contributed by atoms with van der Waals surface area (Å²) in [5, 5.41) is 6.72. The molecular formula is C12H25N3S. The lowest BCUT2D eigenvalue weighted by atomic mass is 10.3. The molecule has 0 heterocycles. The summed E-state index contributed by atoms with van der Waals surface area (Å²) in [5.41, 5.74) is 0. The van der Waals surface area contributed by atoms with E-state index in [1.165, 1.54) is 37.9 Å². The van der Waals surface area contributed by atoms with Gasteiger partial charge in [-0.2, -0.15) is 11.8 Å². The molecule has 1 saturated carbocycles. The molecule has 0 aromatic heterocycles.